The molecular weight excluding hydrogens is 376 g/mol. The summed E-state index contributed by atoms with van der Waals surface area (Å²) in [6.45, 7) is 2.10. The third kappa shape index (κ3) is 4.75. The zero-order valence-electron chi connectivity index (χ0n) is 16.2. The smallest absolute Gasteiger partial charge is 0.334 e. The van der Waals surface area contributed by atoms with Crippen LogP contribution in [0.4, 0.5) is 10.5 Å². The lowest BCUT2D eigenvalue weighted by Crippen LogP contribution is -2.30. The van der Waals surface area contributed by atoms with Crippen LogP contribution in [0.1, 0.15) is 23.6 Å². The molecule has 2 aromatic rings. The number of hydrazone groups is 1. The minimum Gasteiger partial charge on any atom is -0.466 e. The molecule has 0 fully saturated rings. The van der Waals surface area contributed by atoms with Crippen molar-refractivity contribution in [2.75, 3.05) is 26.2 Å². The Kier molecular flexibility index (Phi) is 6.18. The van der Waals surface area contributed by atoms with Crippen molar-refractivity contribution >= 4 is 23.4 Å². The van der Waals surface area contributed by atoms with Gasteiger partial charge in [0.15, 0.2) is 11.5 Å². The van der Waals surface area contributed by atoms with E-state index in [1.807, 2.05) is 0 Å². The number of nitrogen functional groups attached to an aromatic ring is 1. The SMILES string of the molecule is CCOC(=O)Cc1cc2c(cc1/C(=N/NC(=O)NC)c1ccc(N)cc1)OCO2. The Morgan fingerprint density at radius 3 is 2.52 bits per heavy atom. The normalized spacial score (nSPS) is 12.4. The molecular formula is C20H22N4O5. The number of rotatable bonds is 6. The highest BCUT2D eigenvalue weighted by Gasteiger charge is 2.23. The van der Waals surface area contributed by atoms with Gasteiger partial charge in [0.25, 0.3) is 0 Å². The Morgan fingerprint density at radius 2 is 1.86 bits per heavy atom. The number of nitrogens with zero attached hydrogens (tertiary/aromatic N) is 1. The predicted octanol–water partition coefficient (Wildman–Crippen LogP) is 1.78. The number of hydrogen-bond donors (Lipinski definition) is 3. The molecule has 0 radical (unpaired) electrons. The summed E-state index contributed by atoms with van der Waals surface area (Å²) in [6, 6.07) is 9.98. The molecule has 0 unspecified atom stereocenters. The van der Waals surface area contributed by atoms with E-state index in [0.29, 0.717) is 39.6 Å². The number of amides is 2. The quantitative estimate of drug-likeness (QED) is 0.295. The van der Waals surface area contributed by atoms with Crippen molar-refractivity contribution in [3.05, 3.63) is 53.1 Å². The van der Waals surface area contributed by atoms with Crippen molar-refractivity contribution in [2.45, 2.75) is 13.3 Å². The maximum absolute atomic E-state index is 12.2. The van der Waals surface area contributed by atoms with Gasteiger partial charge in [-0.25, -0.2) is 10.2 Å². The summed E-state index contributed by atoms with van der Waals surface area (Å²) in [6.07, 6.45) is 0.00772. The monoisotopic (exact) mass is 398 g/mol. The maximum Gasteiger partial charge on any atom is 0.334 e. The van der Waals surface area contributed by atoms with Gasteiger partial charge < -0.3 is 25.3 Å². The molecule has 0 saturated carbocycles. The summed E-state index contributed by atoms with van der Waals surface area (Å²) < 4.78 is 16.0. The number of urea groups is 1. The van der Waals surface area contributed by atoms with Crippen molar-refractivity contribution in [1.82, 2.24) is 10.7 Å². The van der Waals surface area contributed by atoms with Gasteiger partial charge in [-0.1, -0.05) is 12.1 Å². The van der Waals surface area contributed by atoms with Crippen molar-refractivity contribution < 1.29 is 23.8 Å². The molecule has 4 N–H and O–H groups in total. The number of nitrogens with two attached hydrogens (primary N) is 1. The van der Waals surface area contributed by atoms with Gasteiger partial charge in [0, 0.05) is 23.9 Å². The third-order valence-corrected chi connectivity index (χ3v) is 4.17. The van der Waals surface area contributed by atoms with Crippen LogP contribution in [-0.4, -0.2) is 38.2 Å². The topological polar surface area (TPSA) is 124 Å². The molecule has 0 spiro atoms. The van der Waals surface area contributed by atoms with E-state index >= 15 is 0 Å². The first-order valence-electron chi connectivity index (χ1n) is 9.01. The van der Waals surface area contributed by atoms with Crippen LogP contribution in [-0.2, 0) is 16.0 Å². The van der Waals surface area contributed by atoms with Crippen LogP contribution in [0.3, 0.4) is 0 Å². The third-order valence-electron chi connectivity index (χ3n) is 4.17. The molecule has 2 amide bonds. The fourth-order valence-corrected chi connectivity index (χ4v) is 2.80. The van der Waals surface area contributed by atoms with Crippen LogP contribution in [0.2, 0.25) is 0 Å². The minimum atomic E-state index is -0.481. The molecule has 9 nitrogen and oxygen atoms in total. The van der Waals surface area contributed by atoms with E-state index in [1.165, 1.54) is 7.05 Å². The largest absolute Gasteiger partial charge is 0.466 e. The zero-order chi connectivity index (χ0) is 20.8. The second kappa shape index (κ2) is 8.96. The number of carbonyl (C=O) groups is 2. The van der Waals surface area contributed by atoms with Crippen LogP contribution < -0.4 is 25.9 Å². The van der Waals surface area contributed by atoms with Gasteiger partial charge in [0.1, 0.15) is 0 Å². The fourth-order valence-electron chi connectivity index (χ4n) is 2.80. The van der Waals surface area contributed by atoms with E-state index in [0.717, 1.165) is 0 Å². The molecule has 2 aromatic carbocycles. The van der Waals surface area contributed by atoms with E-state index < -0.39 is 6.03 Å². The molecule has 0 bridgehead atoms. The molecule has 1 aliphatic rings. The number of anilines is 1. The van der Waals surface area contributed by atoms with Crippen molar-refractivity contribution in [1.29, 1.82) is 0 Å². The van der Waals surface area contributed by atoms with E-state index in [1.54, 1.807) is 43.3 Å². The maximum atomic E-state index is 12.2. The lowest BCUT2D eigenvalue weighted by atomic mass is 9.95. The molecule has 1 heterocycles. The highest BCUT2D eigenvalue weighted by atomic mass is 16.7. The number of fused-ring (bicyclic) bond motifs is 1. The van der Waals surface area contributed by atoms with Crippen molar-refractivity contribution in [2.24, 2.45) is 5.10 Å². The average molecular weight is 398 g/mol. The molecule has 9 heteroatoms. The molecule has 0 atom stereocenters. The summed E-state index contributed by atoms with van der Waals surface area (Å²) in [5.41, 5.74) is 11.2. The Hall–Kier alpha value is -3.75. The van der Waals surface area contributed by atoms with Gasteiger partial charge in [-0.05, 0) is 36.8 Å². The van der Waals surface area contributed by atoms with Gasteiger partial charge in [-0.2, -0.15) is 5.10 Å². The molecule has 0 aromatic heterocycles. The minimum absolute atomic E-state index is 0.00772. The molecule has 3 rings (SSSR count). The highest BCUT2D eigenvalue weighted by molar-refractivity contribution is 6.14. The lowest BCUT2D eigenvalue weighted by Gasteiger charge is -2.14. The fraction of sp³-hybridized carbons (Fsp3) is 0.250. The van der Waals surface area contributed by atoms with Crippen LogP contribution in [0, 0.1) is 0 Å². The summed E-state index contributed by atoms with van der Waals surface area (Å²) in [5.74, 6) is 0.670. The number of esters is 1. The summed E-state index contributed by atoms with van der Waals surface area (Å²) in [7, 11) is 1.49. The number of nitrogens with one attached hydrogen (secondary N) is 2. The van der Waals surface area contributed by atoms with Gasteiger partial charge in [0.2, 0.25) is 6.79 Å². The van der Waals surface area contributed by atoms with Crippen LogP contribution in [0.15, 0.2) is 41.5 Å². The van der Waals surface area contributed by atoms with Gasteiger partial charge in [-0.3, -0.25) is 4.79 Å². The first-order chi connectivity index (χ1) is 14.0. The predicted molar refractivity (Wildman–Crippen MR) is 107 cm³/mol. The van der Waals surface area contributed by atoms with E-state index in [2.05, 4.69) is 15.8 Å². The Labute approximate surface area is 167 Å². The Bertz CT molecular complexity index is 941. The zero-order valence-corrected chi connectivity index (χ0v) is 16.2. The van der Waals surface area contributed by atoms with E-state index in [-0.39, 0.29) is 25.8 Å². The highest BCUT2D eigenvalue weighted by Crippen LogP contribution is 2.36. The Morgan fingerprint density at radius 1 is 1.17 bits per heavy atom. The summed E-state index contributed by atoms with van der Waals surface area (Å²) in [4.78, 5) is 23.9. The molecule has 29 heavy (non-hydrogen) atoms. The molecule has 152 valence electrons. The van der Waals surface area contributed by atoms with Crippen LogP contribution in [0.5, 0.6) is 11.5 Å². The van der Waals surface area contributed by atoms with Crippen molar-refractivity contribution in [3.8, 4) is 11.5 Å². The van der Waals surface area contributed by atoms with Crippen molar-refractivity contribution in [3.63, 3.8) is 0 Å². The number of carbonyl (C=O) groups excluding carboxylic acids is 2. The molecule has 0 aliphatic carbocycles. The van der Waals surface area contributed by atoms with Gasteiger partial charge in [0.05, 0.1) is 18.7 Å². The van der Waals surface area contributed by atoms with Crippen LogP contribution in [0.25, 0.3) is 0 Å². The molecule has 1 aliphatic heterocycles. The lowest BCUT2D eigenvalue weighted by molar-refractivity contribution is -0.142. The second-order valence-corrected chi connectivity index (χ2v) is 6.12. The second-order valence-electron chi connectivity index (χ2n) is 6.12. The van der Waals surface area contributed by atoms with Gasteiger partial charge in [-0.15, -0.1) is 0 Å². The summed E-state index contributed by atoms with van der Waals surface area (Å²) in [5, 5.41) is 6.71. The first kappa shape index (κ1) is 20.0. The Balaban J connectivity index is 2.11. The summed E-state index contributed by atoms with van der Waals surface area (Å²) >= 11 is 0. The molecule has 0 saturated heterocycles. The van der Waals surface area contributed by atoms with E-state index in [4.69, 9.17) is 19.9 Å². The van der Waals surface area contributed by atoms with E-state index in [9.17, 15) is 9.59 Å². The van der Waals surface area contributed by atoms with Gasteiger partial charge >= 0.3 is 12.0 Å². The standard InChI is InChI=1S/C20H22N4O5/c1-3-27-18(25)9-13-8-16-17(29-11-28-16)10-15(13)19(23-24-20(26)22-2)12-4-6-14(21)7-5-12/h4-8,10H,3,9,11,21H2,1-2H3,(H2,22,24,26)/b23-19+. The van der Waals surface area contributed by atoms with Crippen LogP contribution >= 0.6 is 0 Å². The number of ether oxygens (including phenoxy) is 3. The first-order valence-corrected chi connectivity index (χ1v) is 9.01. The number of benzene rings is 2. The number of hydrogen-bond acceptors (Lipinski definition) is 7. The average Bonchev–Trinajstić information content (AvgIpc) is 3.16.